The molecule has 0 amide bonds. The number of hydrogen-bond acceptors (Lipinski definition) is 6. The number of hydrogen-bond donors (Lipinski definition) is 0. The quantitative estimate of drug-likeness (QED) is 0.622. The highest BCUT2D eigenvalue weighted by molar-refractivity contribution is 6.29. The van der Waals surface area contributed by atoms with E-state index in [1.165, 1.54) is 25.3 Å². The van der Waals surface area contributed by atoms with Crippen molar-refractivity contribution in [2.24, 2.45) is 0 Å². The summed E-state index contributed by atoms with van der Waals surface area (Å²) in [6.45, 7) is 0.0989. The molecular formula is C12H10ClN3O4. The van der Waals surface area contributed by atoms with Crippen LogP contribution < -0.4 is 9.47 Å². The lowest BCUT2D eigenvalue weighted by atomic mass is 10.3. The van der Waals surface area contributed by atoms with Gasteiger partial charge in [0.05, 0.1) is 18.1 Å². The van der Waals surface area contributed by atoms with Crippen molar-refractivity contribution in [1.29, 1.82) is 0 Å². The van der Waals surface area contributed by atoms with Gasteiger partial charge in [-0.2, -0.15) is 5.10 Å². The average molecular weight is 296 g/mol. The van der Waals surface area contributed by atoms with E-state index < -0.39 is 4.92 Å². The van der Waals surface area contributed by atoms with Gasteiger partial charge < -0.3 is 9.47 Å². The van der Waals surface area contributed by atoms with Crippen LogP contribution in [0.2, 0.25) is 5.15 Å². The topological polar surface area (TPSA) is 87.4 Å². The Hall–Kier alpha value is -2.41. The Morgan fingerprint density at radius 2 is 2.05 bits per heavy atom. The molecule has 0 bridgehead atoms. The number of aromatic nitrogens is 2. The van der Waals surface area contributed by atoms with Crippen molar-refractivity contribution in [2.45, 2.75) is 6.61 Å². The maximum Gasteiger partial charge on any atom is 0.273 e. The van der Waals surface area contributed by atoms with Crippen molar-refractivity contribution in [3.05, 3.63) is 51.3 Å². The third-order valence-electron chi connectivity index (χ3n) is 2.42. The summed E-state index contributed by atoms with van der Waals surface area (Å²) in [7, 11) is 1.45. The standard InChI is InChI=1S/C12H10ClN3O4/c1-19-10-4-3-9(16(17)18)6-11(10)20-7-8-2-5-12(13)15-14-8/h2-6H,7H2,1H3. The zero-order valence-electron chi connectivity index (χ0n) is 10.4. The lowest BCUT2D eigenvalue weighted by Crippen LogP contribution is -2.01. The minimum absolute atomic E-state index is 0.0806. The predicted molar refractivity (Wildman–Crippen MR) is 71.0 cm³/mol. The molecule has 0 saturated carbocycles. The highest BCUT2D eigenvalue weighted by Crippen LogP contribution is 2.31. The molecule has 0 aliphatic carbocycles. The predicted octanol–water partition coefficient (Wildman–Crippen LogP) is 2.63. The van der Waals surface area contributed by atoms with E-state index in [-0.39, 0.29) is 23.2 Å². The molecule has 0 aliphatic heterocycles. The van der Waals surface area contributed by atoms with Crippen LogP contribution >= 0.6 is 11.6 Å². The molecule has 1 aromatic heterocycles. The number of nitrogens with zero attached hydrogens (tertiary/aromatic N) is 3. The van der Waals surface area contributed by atoms with Crippen molar-refractivity contribution in [3.8, 4) is 11.5 Å². The highest BCUT2D eigenvalue weighted by atomic mass is 35.5. The largest absolute Gasteiger partial charge is 0.493 e. The summed E-state index contributed by atoms with van der Waals surface area (Å²) in [4.78, 5) is 10.2. The smallest absolute Gasteiger partial charge is 0.273 e. The Bertz CT molecular complexity index is 619. The molecule has 2 rings (SSSR count). The van der Waals surface area contributed by atoms with E-state index in [1.54, 1.807) is 12.1 Å². The summed E-state index contributed by atoms with van der Waals surface area (Å²) in [6.07, 6.45) is 0. The van der Waals surface area contributed by atoms with Crippen LogP contribution in [0.3, 0.4) is 0 Å². The second-order valence-corrected chi connectivity index (χ2v) is 4.12. The molecule has 0 unspecified atom stereocenters. The number of nitro groups is 1. The molecule has 1 aromatic carbocycles. The number of nitro benzene ring substituents is 1. The van der Waals surface area contributed by atoms with E-state index in [1.807, 2.05) is 0 Å². The van der Waals surface area contributed by atoms with Crippen LogP contribution in [0.5, 0.6) is 11.5 Å². The molecule has 0 N–H and O–H groups in total. The molecule has 0 aliphatic rings. The van der Waals surface area contributed by atoms with Gasteiger partial charge in [0.2, 0.25) is 0 Å². The average Bonchev–Trinajstić information content (AvgIpc) is 2.46. The van der Waals surface area contributed by atoms with Gasteiger partial charge in [-0.1, -0.05) is 11.6 Å². The summed E-state index contributed by atoms with van der Waals surface area (Å²) < 4.78 is 10.6. The number of rotatable bonds is 5. The summed E-state index contributed by atoms with van der Waals surface area (Å²) in [5.41, 5.74) is 0.464. The lowest BCUT2D eigenvalue weighted by Gasteiger charge is -2.09. The number of methoxy groups -OCH3 is 1. The summed E-state index contributed by atoms with van der Waals surface area (Å²) in [5.74, 6) is 0.663. The van der Waals surface area contributed by atoms with E-state index in [2.05, 4.69) is 10.2 Å². The van der Waals surface area contributed by atoms with Gasteiger partial charge in [0, 0.05) is 6.07 Å². The van der Waals surface area contributed by atoms with E-state index in [0.29, 0.717) is 11.4 Å². The van der Waals surface area contributed by atoms with E-state index in [0.717, 1.165) is 0 Å². The minimum atomic E-state index is -0.506. The normalized spacial score (nSPS) is 10.1. The number of non-ortho nitro benzene ring substituents is 1. The van der Waals surface area contributed by atoms with E-state index in [4.69, 9.17) is 21.1 Å². The molecular weight excluding hydrogens is 286 g/mol. The summed E-state index contributed by atoms with van der Waals surface area (Å²) >= 11 is 5.62. The Labute approximate surface area is 119 Å². The van der Waals surface area contributed by atoms with Gasteiger partial charge in [0.15, 0.2) is 16.7 Å². The molecule has 0 fully saturated rings. The first-order chi connectivity index (χ1) is 9.60. The van der Waals surface area contributed by atoms with Gasteiger partial charge in [-0.05, 0) is 18.2 Å². The molecule has 7 nitrogen and oxygen atoms in total. The first-order valence-electron chi connectivity index (χ1n) is 5.53. The SMILES string of the molecule is COc1ccc([N+](=O)[O-])cc1OCc1ccc(Cl)nn1. The third-order valence-corrected chi connectivity index (χ3v) is 2.62. The zero-order valence-corrected chi connectivity index (χ0v) is 11.2. The van der Waals surface area contributed by atoms with E-state index >= 15 is 0 Å². The van der Waals surface area contributed by atoms with Gasteiger partial charge in [-0.15, -0.1) is 5.10 Å². The lowest BCUT2D eigenvalue weighted by molar-refractivity contribution is -0.385. The summed E-state index contributed by atoms with van der Waals surface area (Å²) in [5, 5.41) is 18.5. The molecule has 1 heterocycles. The van der Waals surface area contributed by atoms with Crippen LogP contribution in [0.15, 0.2) is 30.3 Å². The number of halogens is 1. The number of benzene rings is 1. The zero-order chi connectivity index (χ0) is 14.5. The molecule has 104 valence electrons. The van der Waals surface area contributed by atoms with Crippen molar-refractivity contribution in [1.82, 2.24) is 10.2 Å². The maximum absolute atomic E-state index is 10.7. The Kier molecular flexibility index (Phi) is 4.31. The fraction of sp³-hybridized carbons (Fsp3) is 0.167. The van der Waals surface area contributed by atoms with Gasteiger partial charge >= 0.3 is 0 Å². The van der Waals surface area contributed by atoms with Crippen molar-refractivity contribution in [2.75, 3.05) is 7.11 Å². The Morgan fingerprint density at radius 3 is 2.65 bits per heavy atom. The molecule has 0 saturated heterocycles. The van der Waals surface area contributed by atoms with Crippen LogP contribution in [0, 0.1) is 10.1 Å². The highest BCUT2D eigenvalue weighted by Gasteiger charge is 2.12. The van der Waals surface area contributed by atoms with Gasteiger partial charge in [-0.25, -0.2) is 0 Å². The molecule has 0 atom stereocenters. The second-order valence-electron chi connectivity index (χ2n) is 3.73. The van der Waals surface area contributed by atoms with Gasteiger partial charge in [0.25, 0.3) is 5.69 Å². The van der Waals surface area contributed by atoms with Crippen molar-refractivity contribution >= 4 is 17.3 Å². The first kappa shape index (κ1) is 14.0. The molecule has 0 spiro atoms. The van der Waals surface area contributed by atoms with Crippen molar-refractivity contribution in [3.63, 3.8) is 0 Å². The third kappa shape index (κ3) is 3.33. The van der Waals surface area contributed by atoms with Crippen LogP contribution in [0.4, 0.5) is 5.69 Å². The van der Waals surface area contributed by atoms with Crippen LogP contribution in [-0.4, -0.2) is 22.2 Å². The second kappa shape index (κ2) is 6.16. The van der Waals surface area contributed by atoms with Gasteiger partial charge in [0.1, 0.15) is 12.3 Å². The van der Waals surface area contributed by atoms with Crippen LogP contribution in [0.25, 0.3) is 0 Å². The fourth-order valence-electron chi connectivity index (χ4n) is 1.46. The first-order valence-corrected chi connectivity index (χ1v) is 5.91. The number of ether oxygens (including phenoxy) is 2. The molecule has 0 radical (unpaired) electrons. The minimum Gasteiger partial charge on any atom is -0.493 e. The summed E-state index contributed by atoms with van der Waals surface area (Å²) in [6, 6.07) is 7.34. The van der Waals surface area contributed by atoms with Crippen LogP contribution in [-0.2, 0) is 6.61 Å². The van der Waals surface area contributed by atoms with Gasteiger partial charge in [-0.3, -0.25) is 10.1 Å². The molecule has 2 aromatic rings. The Morgan fingerprint density at radius 1 is 1.25 bits per heavy atom. The van der Waals surface area contributed by atoms with E-state index in [9.17, 15) is 10.1 Å². The fourth-order valence-corrected chi connectivity index (χ4v) is 1.56. The molecule has 8 heteroatoms. The Balaban J connectivity index is 2.16. The monoisotopic (exact) mass is 295 g/mol. The van der Waals surface area contributed by atoms with Crippen LogP contribution in [0.1, 0.15) is 5.69 Å². The maximum atomic E-state index is 10.7. The van der Waals surface area contributed by atoms with Crippen molar-refractivity contribution < 1.29 is 14.4 Å². The molecule has 20 heavy (non-hydrogen) atoms.